The van der Waals surface area contributed by atoms with Gasteiger partial charge in [0.15, 0.2) is 5.78 Å². The van der Waals surface area contributed by atoms with Crippen LogP contribution in [0.25, 0.3) is 17.0 Å². The van der Waals surface area contributed by atoms with Gasteiger partial charge in [0.1, 0.15) is 6.26 Å². The van der Waals surface area contributed by atoms with E-state index in [1.807, 2.05) is 36.5 Å². The summed E-state index contributed by atoms with van der Waals surface area (Å²) in [6.45, 7) is 0. The number of nitrogens with one attached hydrogen (secondary N) is 1. The van der Waals surface area contributed by atoms with Gasteiger partial charge in [-0.1, -0.05) is 18.2 Å². The van der Waals surface area contributed by atoms with Crippen molar-refractivity contribution in [2.45, 2.75) is 0 Å². The lowest BCUT2D eigenvalue weighted by Gasteiger charge is -1.91. The van der Waals surface area contributed by atoms with Gasteiger partial charge in [0.05, 0.1) is 11.8 Å². The predicted molar refractivity (Wildman–Crippen MR) is 70.4 cm³/mol. The lowest BCUT2D eigenvalue weighted by Crippen LogP contribution is -1.89. The Morgan fingerprint density at radius 2 is 2.11 bits per heavy atom. The molecule has 88 valence electrons. The lowest BCUT2D eigenvalue weighted by atomic mass is 10.1. The van der Waals surface area contributed by atoms with E-state index in [0.717, 1.165) is 16.5 Å². The van der Waals surface area contributed by atoms with Crippen LogP contribution in [0.3, 0.4) is 0 Å². The molecule has 0 unspecified atom stereocenters. The quantitative estimate of drug-likeness (QED) is 0.558. The molecule has 0 atom stereocenters. The Hall–Kier alpha value is -2.55. The van der Waals surface area contributed by atoms with E-state index in [1.54, 1.807) is 12.1 Å². The number of aromatic amines is 1. The Balaban J connectivity index is 1.91. The molecule has 3 nitrogen and oxygen atoms in total. The third-order valence-corrected chi connectivity index (χ3v) is 2.84. The Bertz CT molecular complexity index is 705. The van der Waals surface area contributed by atoms with Gasteiger partial charge >= 0.3 is 0 Å². The fourth-order valence-corrected chi connectivity index (χ4v) is 1.90. The fraction of sp³-hybridized carbons (Fsp3) is 0. The summed E-state index contributed by atoms with van der Waals surface area (Å²) in [6, 6.07) is 9.63. The number of carbonyl (C=O) groups is 1. The van der Waals surface area contributed by atoms with Crippen LogP contribution in [0.15, 0.2) is 59.5 Å². The second-order valence-electron chi connectivity index (χ2n) is 4.00. The summed E-state index contributed by atoms with van der Waals surface area (Å²) in [5.41, 5.74) is 2.63. The molecule has 18 heavy (non-hydrogen) atoms. The number of ketones is 1. The zero-order chi connectivity index (χ0) is 12.4. The summed E-state index contributed by atoms with van der Waals surface area (Å²) in [4.78, 5) is 14.9. The van der Waals surface area contributed by atoms with E-state index in [0.29, 0.717) is 5.56 Å². The average Bonchev–Trinajstić information content (AvgIpc) is 3.06. The molecule has 3 aromatic rings. The number of allylic oxidation sites excluding steroid dienone is 1. The van der Waals surface area contributed by atoms with Gasteiger partial charge in [-0.15, -0.1) is 0 Å². The maximum atomic E-state index is 11.8. The first kappa shape index (κ1) is 10.6. The number of rotatable bonds is 3. The fourth-order valence-electron chi connectivity index (χ4n) is 1.90. The Kier molecular flexibility index (Phi) is 2.57. The van der Waals surface area contributed by atoms with Crippen molar-refractivity contribution < 1.29 is 9.21 Å². The molecule has 1 N–H and O–H groups in total. The lowest BCUT2D eigenvalue weighted by molar-refractivity contribution is 0.104. The molecule has 2 aromatic heterocycles. The molecule has 0 spiro atoms. The number of furan rings is 1. The topological polar surface area (TPSA) is 46.0 Å². The standard InChI is InChI=1S/C15H11NO2/c17-15(12-7-8-18-10-12)6-5-11-9-16-14-4-2-1-3-13(11)14/h1-10,16H/b6-5+. The maximum Gasteiger partial charge on any atom is 0.189 e. The van der Waals surface area contributed by atoms with Crippen LogP contribution in [-0.2, 0) is 0 Å². The number of aromatic nitrogens is 1. The zero-order valence-electron chi connectivity index (χ0n) is 9.59. The summed E-state index contributed by atoms with van der Waals surface area (Å²) in [5.74, 6) is -0.0611. The van der Waals surface area contributed by atoms with Crippen molar-refractivity contribution in [3.05, 3.63) is 66.3 Å². The Morgan fingerprint density at radius 1 is 1.22 bits per heavy atom. The van der Waals surface area contributed by atoms with Gasteiger partial charge in [0.2, 0.25) is 0 Å². The Labute approximate surface area is 104 Å². The van der Waals surface area contributed by atoms with E-state index in [4.69, 9.17) is 4.42 Å². The van der Waals surface area contributed by atoms with E-state index < -0.39 is 0 Å². The minimum Gasteiger partial charge on any atom is -0.472 e. The van der Waals surface area contributed by atoms with Gasteiger partial charge in [0, 0.05) is 17.1 Å². The van der Waals surface area contributed by atoms with Crippen LogP contribution in [0.2, 0.25) is 0 Å². The van der Waals surface area contributed by atoms with Crippen molar-refractivity contribution in [2.75, 3.05) is 0 Å². The van der Waals surface area contributed by atoms with Crippen molar-refractivity contribution in [1.29, 1.82) is 0 Å². The van der Waals surface area contributed by atoms with Gasteiger partial charge in [-0.2, -0.15) is 0 Å². The van der Waals surface area contributed by atoms with E-state index in [9.17, 15) is 4.79 Å². The second kappa shape index (κ2) is 4.37. The van der Waals surface area contributed by atoms with Crippen molar-refractivity contribution in [1.82, 2.24) is 4.98 Å². The minimum absolute atomic E-state index is 0.0611. The minimum atomic E-state index is -0.0611. The SMILES string of the molecule is O=C(/C=C/c1c[nH]c2ccccc12)c1ccoc1. The molecule has 0 amide bonds. The van der Waals surface area contributed by atoms with Crippen LogP contribution in [0.4, 0.5) is 0 Å². The molecule has 1 aromatic carbocycles. The molecule has 0 radical (unpaired) electrons. The summed E-state index contributed by atoms with van der Waals surface area (Å²) in [6.07, 6.45) is 8.20. The van der Waals surface area contributed by atoms with Crippen molar-refractivity contribution >= 4 is 22.8 Å². The zero-order valence-corrected chi connectivity index (χ0v) is 9.59. The first-order valence-electron chi connectivity index (χ1n) is 5.65. The van der Waals surface area contributed by atoms with Gasteiger partial charge in [0.25, 0.3) is 0 Å². The van der Waals surface area contributed by atoms with Gasteiger partial charge in [-0.3, -0.25) is 4.79 Å². The average molecular weight is 237 g/mol. The van der Waals surface area contributed by atoms with Gasteiger partial charge < -0.3 is 9.40 Å². The van der Waals surface area contributed by atoms with Crippen molar-refractivity contribution in [3.63, 3.8) is 0 Å². The van der Waals surface area contributed by atoms with E-state index in [-0.39, 0.29) is 5.78 Å². The molecule has 3 rings (SSSR count). The van der Waals surface area contributed by atoms with E-state index in [2.05, 4.69) is 4.98 Å². The molecule has 0 saturated carbocycles. The van der Waals surface area contributed by atoms with Crippen LogP contribution in [-0.4, -0.2) is 10.8 Å². The highest BCUT2D eigenvalue weighted by Crippen LogP contribution is 2.19. The van der Waals surface area contributed by atoms with E-state index >= 15 is 0 Å². The third kappa shape index (κ3) is 1.86. The molecule has 0 aliphatic heterocycles. The van der Waals surface area contributed by atoms with Gasteiger partial charge in [-0.05, 0) is 29.8 Å². The summed E-state index contributed by atoms with van der Waals surface area (Å²) >= 11 is 0. The predicted octanol–water partition coefficient (Wildman–Crippen LogP) is 3.66. The van der Waals surface area contributed by atoms with Crippen LogP contribution >= 0.6 is 0 Å². The molecule has 0 aliphatic carbocycles. The molecule has 0 aliphatic rings. The number of H-pyrrole nitrogens is 1. The highest BCUT2D eigenvalue weighted by Gasteiger charge is 2.03. The molecule has 0 saturated heterocycles. The molecule has 0 bridgehead atoms. The van der Waals surface area contributed by atoms with Crippen molar-refractivity contribution in [3.8, 4) is 0 Å². The van der Waals surface area contributed by atoms with Crippen LogP contribution in [0.5, 0.6) is 0 Å². The highest BCUT2D eigenvalue weighted by atomic mass is 16.3. The summed E-state index contributed by atoms with van der Waals surface area (Å²) in [7, 11) is 0. The second-order valence-corrected chi connectivity index (χ2v) is 4.00. The molecule has 3 heteroatoms. The number of fused-ring (bicyclic) bond motifs is 1. The van der Waals surface area contributed by atoms with E-state index in [1.165, 1.54) is 12.5 Å². The summed E-state index contributed by atoms with van der Waals surface area (Å²) in [5, 5.41) is 1.11. The molecule has 2 heterocycles. The number of carbonyl (C=O) groups excluding carboxylic acids is 1. The number of hydrogen-bond acceptors (Lipinski definition) is 2. The van der Waals surface area contributed by atoms with Gasteiger partial charge in [-0.25, -0.2) is 0 Å². The third-order valence-electron chi connectivity index (χ3n) is 2.84. The van der Waals surface area contributed by atoms with Crippen LogP contribution < -0.4 is 0 Å². The van der Waals surface area contributed by atoms with Crippen LogP contribution in [0.1, 0.15) is 15.9 Å². The molecular formula is C15H11NO2. The first-order chi connectivity index (χ1) is 8.84. The monoisotopic (exact) mass is 237 g/mol. The normalized spacial score (nSPS) is 11.3. The molecular weight excluding hydrogens is 226 g/mol. The largest absolute Gasteiger partial charge is 0.472 e. The maximum absolute atomic E-state index is 11.8. The highest BCUT2D eigenvalue weighted by molar-refractivity contribution is 6.07. The van der Waals surface area contributed by atoms with Crippen molar-refractivity contribution in [2.24, 2.45) is 0 Å². The summed E-state index contributed by atoms with van der Waals surface area (Å²) < 4.78 is 4.88. The number of hydrogen-bond donors (Lipinski definition) is 1. The number of para-hydroxylation sites is 1. The van der Waals surface area contributed by atoms with Crippen LogP contribution in [0, 0.1) is 0 Å². The smallest absolute Gasteiger partial charge is 0.189 e. The first-order valence-corrected chi connectivity index (χ1v) is 5.65. The molecule has 0 fully saturated rings. The number of benzene rings is 1. The Morgan fingerprint density at radius 3 is 2.94 bits per heavy atom.